The first-order chi connectivity index (χ1) is 9.92. The Hall–Kier alpha value is -2.15. The molecule has 1 aromatic rings. The number of benzene rings is 1. The number of hydrazone groups is 1. The Morgan fingerprint density at radius 3 is 2.67 bits per heavy atom. The number of nitrogens with one attached hydrogen (secondary N) is 2. The van der Waals surface area contributed by atoms with Crippen LogP contribution in [0.5, 0.6) is 11.5 Å². The quantitative estimate of drug-likeness (QED) is 0.284. The molecule has 1 aromatic carbocycles. The molecule has 0 aliphatic rings. The first-order valence-electron chi connectivity index (χ1n) is 6.38. The number of hydrogen-bond donors (Lipinski definition) is 2. The molecule has 0 aliphatic carbocycles. The number of esters is 1. The Labute approximate surface area is 129 Å². The van der Waals surface area contributed by atoms with E-state index in [2.05, 4.69) is 15.8 Å². The van der Waals surface area contributed by atoms with Gasteiger partial charge in [-0.1, -0.05) is 0 Å². The second-order valence-electron chi connectivity index (χ2n) is 4.50. The average Bonchev–Trinajstić information content (AvgIpc) is 2.38. The molecule has 21 heavy (non-hydrogen) atoms. The molecule has 0 bridgehead atoms. The number of thiocarbonyl (C=S) groups is 1. The predicted molar refractivity (Wildman–Crippen MR) is 85.9 cm³/mol. The number of nitrogens with zero attached hydrogens (tertiary/aromatic N) is 1. The van der Waals surface area contributed by atoms with E-state index < -0.39 is 5.97 Å². The number of ether oxygens (including phenoxy) is 2. The van der Waals surface area contributed by atoms with Gasteiger partial charge in [0.2, 0.25) is 0 Å². The summed E-state index contributed by atoms with van der Waals surface area (Å²) in [6.07, 6.45) is 1.59. The fraction of sp³-hybridized carbons (Fsp3) is 0.357. The summed E-state index contributed by atoms with van der Waals surface area (Å²) in [6.45, 7) is 5.30. The van der Waals surface area contributed by atoms with Crippen LogP contribution >= 0.6 is 12.2 Å². The Kier molecular flexibility index (Phi) is 6.61. The van der Waals surface area contributed by atoms with Crippen LogP contribution in [0.25, 0.3) is 0 Å². The van der Waals surface area contributed by atoms with Crippen molar-refractivity contribution in [3.05, 3.63) is 23.8 Å². The van der Waals surface area contributed by atoms with Crippen LogP contribution in [0.4, 0.5) is 0 Å². The normalized spacial score (nSPS) is 10.5. The van der Waals surface area contributed by atoms with Crippen LogP contribution in [0.3, 0.4) is 0 Å². The van der Waals surface area contributed by atoms with Crippen molar-refractivity contribution >= 4 is 29.5 Å². The lowest BCUT2D eigenvalue weighted by Gasteiger charge is -2.10. The van der Waals surface area contributed by atoms with E-state index in [9.17, 15) is 4.79 Å². The smallest absolute Gasteiger partial charge is 0.308 e. The van der Waals surface area contributed by atoms with E-state index in [4.69, 9.17) is 21.7 Å². The topological polar surface area (TPSA) is 71.9 Å². The summed E-state index contributed by atoms with van der Waals surface area (Å²) in [5.74, 6) is 0.422. The summed E-state index contributed by atoms with van der Waals surface area (Å²) in [5.41, 5.74) is 3.49. The van der Waals surface area contributed by atoms with Crippen LogP contribution < -0.4 is 20.2 Å². The maximum absolute atomic E-state index is 11.0. The first-order valence-corrected chi connectivity index (χ1v) is 6.79. The molecule has 0 saturated heterocycles. The lowest BCUT2D eigenvalue weighted by molar-refractivity contribution is -0.132. The molecule has 0 atom stereocenters. The molecule has 0 heterocycles. The number of carbonyl (C=O) groups excluding carboxylic acids is 1. The van der Waals surface area contributed by atoms with E-state index in [1.54, 1.807) is 24.4 Å². The molecule has 1 rings (SSSR count). The van der Waals surface area contributed by atoms with Gasteiger partial charge in [0, 0.05) is 13.0 Å². The monoisotopic (exact) mass is 309 g/mol. The average molecular weight is 309 g/mol. The summed E-state index contributed by atoms with van der Waals surface area (Å²) in [4.78, 5) is 11.0. The minimum Gasteiger partial charge on any atom is -0.493 e. The van der Waals surface area contributed by atoms with Crippen LogP contribution in [0.15, 0.2) is 23.3 Å². The van der Waals surface area contributed by atoms with Crippen molar-refractivity contribution in [2.24, 2.45) is 5.10 Å². The molecule has 0 spiro atoms. The molecular weight excluding hydrogens is 290 g/mol. The standard InChI is InChI=1S/C14H19N3O3S/c1-9(2)16-14(21)17-15-8-11-5-6-12(20-10(3)18)13(7-11)19-4/h5-9H,1-4H3,(H2,16,17,21)/b15-8-. The summed E-state index contributed by atoms with van der Waals surface area (Å²) in [6, 6.07) is 5.35. The summed E-state index contributed by atoms with van der Waals surface area (Å²) >= 11 is 5.04. The van der Waals surface area contributed by atoms with Crippen LogP contribution in [-0.2, 0) is 4.79 Å². The van der Waals surface area contributed by atoms with E-state index in [1.807, 2.05) is 13.8 Å². The highest BCUT2D eigenvalue weighted by Crippen LogP contribution is 2.27. The molecule has 0 unspecified atom stereocenters. The van der Waals surface area contributed by atoms with E-state index in [1.165, 1.54) is 14.0 Å². The number of methoxy groups -OCH3 is 1. The van der Waals surface area contributed by atoms with Gasteiger partial charge < -0.3 is 14.8 Å². The molecule has 0 aliphatic heterocycles. The highest BCUT2D eigenvalue weighted by molar-refractivity contribution is 7.80. The van der Waals surface area contributed by atoms with Crippen LogP contribution in [-0.4, -0.2) is 30.4 Å². The van der Waals surface area contributed by atoms with Gasteiger partial charge in [-0.3, -0.25) is 10.2 Å². The van der Waals surface area contributed by atoms with Crippen molar-refractivity contribution < 1.29 is 14.3 Å². The molecule has 0 amide bonds. The third kappa shape index (κ3) is 6.22. The summed E-state index contributed by atoms with van der Waals surface area (Å²) in [5, 5.41) is 7.47. The molecule has 114 valence electrons. The Balaban J connectivity index is 2.72. The van der Waals surface area contributed by atoms with Crippen molar-refractivity contribution in [3.8, 4) is 11.5 Å². The highest BCUT2D eigenvalue weighted by atomic mass is 32.1. The zero-order chi connectivity index (χ0) is 15.8. The second-order valence-corrected chi connectivity index (χ2v) is 4.91. The highest BCUT2D eigenvalue weighted by Gasteiger charge is 2.07. The molecular formula is C14H19N3O3S. The van der Waals surface area contributed by atoms with Crippen molar-refractivity contribution in [2.45, 2.75) is 26.8 Å². The molecule has 2 N–H and O–H groups in total. The molecule has 0 radical (unpaired) electrons. The number of rotatable bonds is 5. The zero-order valence-corrected chi connectivity index (χ0v) is 13.3. The molecule has 7 heteroatoms. The summed E-state index contributed by atoms with van der Waals surface area (Å²) in [7, 11) is 1.50. The number of carbonyl (C=O) groups is 1. The van der Waals surface area contributed by atoms with Gasteiger partial charge in [-0.15, -0.1) is 0 Å². The van der Waals surface area contributed by atoms with Gasteiger partial charge in [-0.2, -0.15) is 5.10 Å². The predicted octanol–water partition coefficient (Wildman–Crippen LogP) is 1.83. The summed E-state index contributed by atoms with van der Waals surface area (Å²) < 4.78 is 10.2. The van der Waals surface area contributed by atoms with Gasteiger partial charge in [0.1, 0.15) is 0 Å². The van der Waals surface area contributed by atoms with Gasteiger partial charge in [0.15, 0.2) is 16.6 Å². The minimum absolute atomic E-state index is 0.239. The maximum Gasteiger partial charge on any atom is 0.308 e. The lowest BCUT2D eigenvalue weighted by atomic mass is 10.2. The molecule has 0 aromatic heterocycles. The van der Waals surface area contributed by atoms with Crippen molar-refractivity contribution in [1.29, 1.82) is 0 Å². The van der Waals surface area contributed by atoms with Crippen molar-refractivity contribution in [3.63, 3.8) is 0 Å². The molecule has 0 fully saturated rings. The second kappa shape index (κ2) is 8.21. The lowest BCUT2D eigenvalue weighted by Crippen LogP contribution is -2.36. The van der Waals surface area contributed by atoms with E-state index in [-0.39, 0.29) is 6.04 Å². The third-order valence-corrected chi connectivity index (χ3v) is 2.45. The Morgan fingerprint density at radius 1 is 1.38 bits per heavy atom. The van der Waals surface area contributed by atoms with Gasteiger partial charge in [-0.05, 0) is 49.8 Å². The SMILES string of the molecule is COc1cc(/C=N\NC(=S)NC(C)C)ccc1OC(C)=O. The third-order valence-electron chi connectivity index (χ3n) is 2.24. The fourth-order valence-corrected chi connectivity index (χ4v) is 1.75. The minimum atomic E-state index is -0.401. The van der Waals surface area contributed by atoms with E-state index in [0.717, 1.165) is 5.56 Å². The number of hydrogen-bond acceptors (Lipinski definition) is 5. The van der Waals surface area contributed by atoms with Crippen LogP contribution in [0.2, 0.25) is 0 Å². The molecule has 0 saturated carbocycles. The fourth-order valence-electron chi connectivity index (χ4n) is 1.46. The zero-order valence-electron chi connectivity index (χ0n) is 12.5. The first kappa shape index (κ1) is 16.9. The largest absolute Gasteiger partial charge is 0.493 e. The van der Waals surface area contributed by atoms with Gasteiger partial charge >= 0.3 is 5.97 Å². The Morgan fingerprint density at radius 2 is 2.10 bits per heavy atom. The van der Waals surface area contributed by atoms with Gasteiger partial charge in [0.05, 0.1) is 13.3 Å². The molecule has 6 nitrogen and oxygen atoms in total. The van der Waals surface area contributed by atoms with E-state index in [0.29, 0.717) is 16.6 Å². The maximum atomic E-state index is 11.0. The van der Waals surface area contributed by atoms with Crippen LogP contribution in [0, 0.1) is 0 Å². The van der Waals surface area contributed by atoms with Gasteiger partial charge in [0.25, 0.3) is 0 Å². The van der Waals surface area contributed by atoms with E-state index >= 15 is 0 Å². The van der Waals surface area contributed by atoms with Gasteiger partial charge in [-0.25, -0.2) is 0 Å². The van der Waals surface area contributed by atoms with Crippen molar-refractivity contribution in [2.75, 3.05) is 7.11 Å². The van der Waals surface area contributed by atoms with Crippen molar-refractivity contribution in [1.82, 2.24) is 10.7 Å². The van der Waals surface area contributed by atoms with Crippen LogP contribution in [0.1, 0.15) is 26.3 Å². The Bertz CT molecular complexity index is 544.